The molecule has 0 bridgehead atoms. The third-order valence-electron chi connectivity index (χ3n) is 4.03. The van der Waals surface area contributed by atoms with Crippen LogP contribution in [0.4, 0.5) is 17.3 Å². The molecule has 2 heterocycles. The van der Waals surface area contributed by atoms with Gasteiger partial charge in [-0.3, -0.25) is 4.72 Å². The summed E-state index contributed by atoms with van der Waals surface area (Å²) in [7, 11) is -1.96. The predicted octanol–water partition coefficient (Wildman–Crippen LogP) is 2.77. The minimum atomic E-state index is -3.82. The number of benzene rings is 2. The van der Waals surface area contributed by atoms with Crippen molar-refractivity contribution in [1.82, 2.24) is 10.2 Å². The SMILES string of the molecule is CN(c1ccccc1)c1ccc(NS(=O)(=O)c2ccc3c(c2)OCO3)nn1. The Morgan fingerprint density at radius 1 is 0.963 bits per heavy atom. The number of ether oxygens (including phenoxy) is 2. The molecule has 0 saturated heterocycles. The Morgan fingerprint density at radius 2 is 1.74 bits per heavy atom. The zero-order chi connectivity index (χ0) is 18.9. The number of sulfonamides is 1. The molecule has 0 atom stereocenters. The molecular weight excluding hydrogens is 368 g/mol. The maximum atomic E-state index is 12.6. The van der Waals surface area contributed by atoms with Gasteiger partial charge in [0.1, 0.15) is 0 Å². The van der Waals surface area contributed by atoms with Crippen LogP contribution in [0.3, 0.4) is 0 Å². The molecule has 0 aliphatic carbocycles. The molecule has 2 aromatic carbocycles. The highest BCUT2D eigenvalue weighted by Crippen LogP contribution is 2.34. The molecule has 0 unspecified atom stereocenters. The molecule has 8 nitrogen and oxygen atoms in total. The second-order valence-corrected chi connectivity index (χ2v) is 7.47. The van der Waals surface area contributed by atoms with Crippen LogP contribution in [0.1, 0.15) is 0 Å². The Balaban J connectivity index is 1.52. The average Bonchev–Trinajstić information content (AvgIpc) is 3.16. The Bertz CT molecular complexity index is 1060. The summed E-state index contributed by atoms with van der Waals surface area (Å²) in [5.41, 5.74) is 0.945. The van der Waals surface area contributed by atoms with Gasteiger partial charge in [0.05, 0.1) is 4.90 Å². The highest BCUT2D eigenvalue weighted by atomic mass is 32.2. The van der Waals surface area contributed by atoms with E-state index in [2.05, 4.69) is 14.9 Å². The second-order valence-electron chi connectivity index (χ2n) is 5.79. The smallest absolute Gasteiger partial charge is 0.263 e. The first-order valence-corrected chi connectivity index (χ1v) is 9.56. The van der Waals surface area contributed by atoms with E-state index in [9.17, 15) is 8.42 Å². The van der Waals surface area contributed by atoms with Crippen LogP contribution in [-0.4, -0.2) is 32.5 Å². The number of anilines is 3. The summed E-state index contributed by atoms with van der Waals surface area (Å²) >= 11 is 0. The molecule has 0 radical (unpaired) electrons. The largest absolute Gasteiger partial charge is 0.454 e. The molecule has 0 fully saturated rings. The second kappa shape index (κ2) is 6.76. The van der Waals surface area contributed by atoms with Gasteiger partial charge in [-0.1, -0.05) is 18.2 Å². The third kappa shape index (κ3) is 3.49. The zero-order valence-electron chi connectivity index (χ0n) is 14.4. The molecular formula is C18H16N4O4S. The summed E-state index contributed by atoms with van der Waals surface area (Å²) in [5, 5.41) is 8.07. The van der Waals surface area contributed by atoms with Crippen LogP contribution in [0, 0.1) is 0 Å². The molecule has 27 heavy (non-hydrogen) atoms. The van der Waals surface area contributed by atoms with Crippen LogP contribution in [0.5, 0.6) is 11.5 Å². The van der Waals surface area contributed by atoms with E-state index in [1.54, 1.807) is 18.2 Å². The van der Waals surface area contributed by atoms with E-state index in [0.29, 0.717) is 17.3 Å². The van der Waals surface area contributed by atoms with E-state index in [1.165, 1.54) is 12.1 Å². The molecule has 0 amide bonds. The van der Waals surface area contributed by atoms with Crippen LogP contribution < -0.4 is 19.1 Å². The lowest BCUT2D eigenvalue weighted by atomic mass is 10.3. The predicted molar refractivity (Wildman–Crippen MR) is 99.9 cm³/mol. The molecule has 9 heteroatoms. The normalized spacial score (nSPS) is 12.6. The number of para-hydroxylation sites is 1. The van der Waals surface area contributed by atoms with Gasteiger partial charge in [-0.25, -0.2) is 8.42 Å². The minimum Gasteiger partial charge on any atom is -0.454 e. The number of rotatable bonds is 5. The lowest BCUT2D eigenvalue weighted by Crippen LogP contribution is -2.16. The molecule has 3 aromatic rings. The van der Waals surface area contributed by atoms with Crippen LogP contribution in [0.25, 0.3) is 0 Å². The Kier molecular flexibility index (Phi) is 4.28. The first-order chi connectivity index (χ1) is 13.0. The van der Waals surface area contributed by atoms with Gasteiger partial charge in [0.2, 0.25) is 6.79 Å². The first-order valence-electron chi connectivity index (χ1n) is 8.08. The number of nitrogens with one attached hydrogen (secondary N) is 1. The number of hydrogen-bond acceptors (Lipinski definition) is 7. The quantitative estimate of drug-likeness (QED) is 0.723. The van der Waals surface area contributed by atoms with Gasteiger partial charge >= 0.3 is 0 Å². The number of hydrogen-bond donors (Lipinski definition) is 1. The maximum Gasteiger partial charge on any atom is 0.263 e. The van der Waals surface area contributed by atoms with E-state index < -0.39 is 10.0 Å². The maximum absolute atomic E-state index is 12.6. The average molecular weight is 384 g/mol. The third-order valence-corrected chi connectivity index (χ3v) is 5.38. The van der Waals surface area contributed by atoms with Crippen molar-refractivity contribution < 1.29 is 17.9 Å². The Labute approximate surface area is 156 Å². The monoisotopic (exact) mass is 384 g/mol. The highest BCUT2D eigenvalue weighted by Gasteiger charge is 2.21. The number of fused-ring (bicyclic) bond motifs is 1. The fraction of sp³-hybridized carbons (Fsp3) is 0.111. The van der Waals surface area contributed by atoms with Gasteiger partial charge in [-0.15, -0.1) is 10.2 Å². The fourth-order valence-electron chi connectivity index (χ4n) is 2.58. The van der Waals surface area contributed by atoms with Gasteiger partial charge < -0.3 is 14.4 Å². The fourth-order valence-corrected chi connectivity index (χ4v) is 3.59. The van der Waals surface area contributed by atoms with Crippen LogP contribution in [-0.2, 0) is 10.0 Å². The van der Waals surface area contributed by atoms with Crippen molar-refractivity contribution in [2.24, 2.45) is 0 Å². The molecule has 1 aliphatic heterocycles. The Hall–Kier alpha value is -3.33. The van der Waals surface area contributed by atoms with E-state index in [1.807, 2.05) is 42.3 Å². The van der Waals surface area contributed by atoms with Gasteiger partial charge in [-0.05, 0) is 36.4 Å². The summed E-state index contributed by atoms with van der Waals surface area (Å²) in [6.07, 6.45) is 0. The molecule has 138 valence electrons. The zero-order valence-corrected chi connectivity index (χ0v) is 15.2. The van der Waals surface area contributed by atoms with Crippen LogP contribution >= 0.6 is 0 Å². The van der Waals surface area contributed by atoms with E-state index in [0.717, 1.165) is 5.69 Å². The number of nitrogens with zero attached hydrogens (tertiary/aromatic N) is 3. The van der Waals surface area contributed by atoms with Crippen LogP contribution in [0.2, 0.25) is 0 Å². The van der Waals surface area contributed by atoms with Crippen molar-refractivity contribution in [2.45, 2.75) is 4.90 Å². The van der Waals surface area contributed by atoms with E-state index >= 15 is 0 Å². The van der Waals surface area contributed by atoms with Gasteiger partial charge in [-0.2, -0.15) is 0 Å². The lowest BCUT2D eigenvalue weighted by molar-refractivity contribution is 0.174. The molecule has 1 N–H and O–H groups in total. The summed E-state index contributed by atoms with van der Waals surface area (Å²) < 4.78 is 37.9. The van der Waals surface area contributed by atoms with Crippen molar-refractivity contribution in [3.8, 4) is 11.5 Å². The van der Waals surface area contributed by atoms with Crippen molar-refractivity contribution >= 4 is 27.3 Å². The van der Waals surface area contributed by atoms with Gasteiger partial charge in [0.15, 0.2) is 23.1 Å². The molecule has 1 aliphatic rings. The van der Waals surface area contributed by atoms with Crippen LogP contribution in [0.15, 0.2) is 65.6 Å². The van der Waals surface area contributed by atoms with E-state index in [4.69, 9.17) is 9.47 Å². The first kappa shape index (κ1) is 17.1. The molecule has 0 saturated carbocycles. The minimum absolute atomic E-state index is 0.0547. The topological polar surface area (TPSA) is 93.7 Å². The summed E-state index contributed by atoms with van der Waals surface area (Å²) in [5.74, 6) is 1.62. The molecule has 0 spiro atoms. The van der Waals surface area contributed by atoms with Crippen molar-refractivity contribution in [1.29, 1.82) is 0 Å². The summed E-state index contributed by atoms with van der Waals surface area (Å²) in [6, 6.07) is 17.3. The highest BCUT2D eigenvalue weighted by molar-refractivity contribution is 7.92. The standard InChI is InChI=1S/C18H16N4O4S/c1-22(13-5-3-2-4-6-13)18-10-9-17(19-20-18)21-27(23,24)14-7-8-15-16(11-14)26-12-25-15/h2-11H,12H2,1H3,(H,19,21). The molecule has 1 aromatic heterocycles. The van der Waals surface area contributed by atoms with Gasteiger partial charge in [0, 0.05) is 18.8 Å². The number of aromatic nitrogens is 2. The van der Waals surface area contributed by atoms with Crippen molar-refractivity contribution in [3.63, 3.8) is 0 Å². The van der Waals surface area contributed by atoms with Gasteiger partial charge in [0.25, 0.3) is 10.0 Å². The lowest BCUT2D eigenvalue weighted by Gasteiger charge is -2.17. The Morgan fingerprint density at radius 3 is 2.48 bits per heavy atom. The summed E-state index contributed by atoms with van der Waals surface area (Å²) in [6.45, 7) is 0.0775. The molecule has 4 rings (SSSR count). The van der Waals surface area contributed by atoms with Crippen molar-refractivity contribution in [3.05, 3.63) is 60.7 Å². The van der Waals surface area contributed by atoms with Crippen molar-refractivity contribution in [2.75, 3.05) is 23.5 Å². The summed E-state index contributed by atoms with van der Waals surface area (Å²) in [4.78, 5) is 1.90. The van der Waals surface area contributed by atoms with E-state index in [-0.39, 0.29) is 17.5 Å².